The number of carbonyl (C=O) groups is 1. The van der Waals surface area contributed by atoms with E-state index in [0.717, 1.165) is 15.7 Å². The first-order chi connectivity index (χ1) is 14.7. The largest absolute Gasteiger partial charge is 0.378 e. The maximum Gasteiger partial charge on any atom is 0.282 e. The molecule has 0 saturated carbocycles. The Labute approximate surface area is 188 Å². The highest BCUT2D eigenvalue weighted by Gasteiger charge is 2.32. The molecule has 8 nitrogen and oxygen atoms in total. The van der Waals surface area contributed by atoms with Crippen LogP contribution < -0.4 is 15.9 Å². The molecule has 31 heavy (non-hydrogen) atoms. The number of nitrogens with one attached hydrogen (secondary N) is 1. The average molecular weight is 483 g/mol. The van der Waals surface area contributed by atoms with E-state index in [1.165, 1.54) is 11.6 Å². The van der Waals surface area contributed by atoms with Gasteiger partial charge in [-0.15, -0.1) is 5.10 Å². The number of nitrogens with zero attached hydrogens (tertiary/aromatic N) is 5. The summed E-state index contributed by atoms with van der Waals surface area (Å²) in [5.74, 6) is 0.872. The predicted molar refractivity (Wildman–Crippen MR) is 125 cm³/mol. The van der Waals surface area contributed by atoms with Gasteiger partial charge in [-0.25, -0.2) is 9.99 Å². The Morgan fingerprint density at radius 2 is 1.94 bits per heavy atom. The number of hydrazine groups is 1. The number of carbonyl (C=O) groups excluding carboxylic acids is 1. The van der Waals surface area contributed by atoms with E-state index in [4.69, 9.17) is 0 Å². The Balaban J connectivity index is 1.72. The van der Waals surface area contributed by atoms with E-state index in [2.05, 4.69) is 31.4 Å². The van der Waals surface area contributed by atoms with E-state index in [1.807, 2.05) is 49.3 Å². The fraction of sp³-hybridized carbons (Fsp3) is 0.273. The van der Waals surface area contributed by atoms with Gasteiger partial charge in [0.25, 0.3) is 5.56 Å². The number of halogens is 1. The van der Waals surface area contributed by atoms with Crippen LogP contribution in [0.1, 0.15) is 30.8 Å². The van der Waals surface area contributed by atoms with Gasteiger partial charge in [-0.05, 0) is 42.8 Å². The van der Waals surface area contributed by atoms with Crippen LogP contribution in [0, 0.1) is 6.92 Å². The van der Waals surface area contributed by atoms with Crippen LogP contribution in [0.15, 0.2) is 56.8 Å². The summed E-state index contributed by atoms with van der Waals surface area (Å²) in [4.78, 5) is 31.8. The van der Waals surface area contributed by atoms with Crippen LogP contribution in [0.2, 0.25) is 0 Å². The molecule has 160 valence electrons. The van der Waals surface area contributed by atoms with Gasteiger partial charge in [0.05, 0.1) is 16.9 Å². The number of hydrogen-bond donors (Lipinski definition) is 1. The molecular formula is C22H23BrN6O2. The first-order valence-electron chi connectivity index (χ1n) is 9.85. The maximum atomic E-state index is 13.0. The topological polar surface area (TPSA) is 82.8 Å². The predicted octanol–water partition coefficient (Wildman–Crippen LogP) is 3.19. The summed E-state index contributed by atoms with van der Waals surface area (Å²) in [5.41, 5.74) is 5.49. The number of amidine groups is 1. The monoisotopic (exact) mass is 482 g/mol. The second-order valence-electron chi connectivity index (χ2n) is 7.69. The number of amides is 1. The summed E-state index contributed by atoms with van der Waals surface area (Å²) in [6.07, 6.45) is 0.462. The smallest absolute Gasteiger partial charge is 0.282 e. The number of aryl methyl sites for hydroxylation is 1. The van der Waals surface area contributed by atoms with Crippen molar-refractivity contribution < 1.29 is 4.79 Å². The van der Waals surface area contributed by atoms with Crippen LogP contribution in [0.25, 0.3) is 10.9 Å². The van der Waals surface area contributed by atoms with Crippen LogP contribution in [0.4, 0.5) is 5.69 Å². The van der Waals surface area contributed by atoms with E-state index in [0.29, 0.717) is 29.0 Å². The summed E-state index contributed by atoms with van der Waals surface area (Å²) in [6, 6.07) is 13.2. The van der Waals surface area contributed by atoms with E-state index >= 15 is 0 Å². The molecule has 0 radical (unpaired) electrons. The molecule has 1 unspecified atom stereocenters. The molecule has 9 heteroatoms. The minimum Gasteiger partial charge on any atom is -0.378 e. The minimum atomic E-state index is -0.258. The Morgan fingerprint density at radius 3 is 2.58 bits per heavy atom. The van der Waals surface area contributed by atoms with E-state index in [-0.39, 0.29) is 17.5 Å². The standard InChI is InChI=1S/C22H23BrN6O2/c1-13-24-19-10-7-16(23)11-18(19)22(31)28(13)25-21-12-20(29(26-21)14(2)30)15-5-8-17(9-6-15)27(3)4/h5-11,20H,12H2,1-4H3,(H,25,26). The number of benzene rings is 2. The van der Waals surface area contributed by atoms with Gasteiger partial charge in [-0.2, -0.15) is 4.68 Å². The van der Waals surface area contributed by atoms with Crippen molar-refractivity contribution in [1.82, 2.24) is 20.1 Å². The second-order valence-corrected chi connectivity index (χ2v) is 8.61. The summed E-state index contributed by atoms with van der Waals surface area (Å²) in [7, 11) is 3.96. The Hall–Kier alpha value is -3.20. The molecule has 1 amide bonds. The quantitative estimate of drug-likeness (QED) is 0.619. The van der Waals surface area contributed by atoms with Crippen molar-refractivity contribution in [3.8, 4) is 0 Å². The van der Waals surface area contributed by atoms with E-state index < -0.39 is 0 Å². The van der Waals surface area contributed by atoms with Gasteiger partial charge in [-0.3, -0.25) is 15.0 Å². The molecule has 0 bridgehead atoms. The molecule has 1 saturated heterocycles. The fourth-order valence-electron chi connectivity index (χ4n) is 3.66. The number of fused-ring (bicyclic) bond motifs is 1. The highest BCUT2D eigenvalue weighted by molar-refractivity contribution is 9.10. The zero-order valence-corrected chi connectivity index (χ0v) is 19.3. The summed E-state index contributed by atoms with van der Waals surface area (Å²) < 4.78 is 2.08. The molecule has 0 aliphatic carbocycles. The third-order valence-corrected chi connectivity index (χ3v) is 5.77. The van der Waals surface area contributed by atoms with Crippen LogP contribution in [-0.4, -0.2) is 40.5 Å². The lowest BCUT2D eigenvalue weighted by Crippen LogP contribution is -2.39. The Morgan fingerprint density at radius 1 is 1.23 bits per heavy atom. The third-order valence-electron chi connectivity index (χ3n) is 5.27. The molecular weight excluding hydrogens is 460 g/mol. The van der Waals surface area contributed by atoms with Crippen LogP contribution >= 0.6 is 15.9 Å². The van der Waals surface area contributed by atoms with Crippen molar-refractivity contribution in [1.29, 1.82) is 0 Å². The van der Waals surface area contributed by atoms with Gasteiger partial charge >= 0.3 is 0 Å². The van der Waals surface area contributed by atoms with Gasteiger partial charge in [0.1, 0.15) is 11.7 Å². The van der Waals surface area contributed by atoms with Crippen LogP contribution in [0.3, 0.4) is 0 Å². The second kappa shape index (κ2) is 8.14. The lowest BCUT2D eigenvalue weighted by Gasteiger charge is -2.23. The molecule has 4 rings (SSSR count). The molecule has 1 fully saturated rings. The van der Waals surface area contributed by atoms with Gasteiger partial charge in [0.2, 0.25) is 5.91 Å². The van der Waals surface area contributed by atoms with Crippen LogP contribution in [0.5, 0.6) is 0 Å². The molecule has 2 heterocycles. The molecule has 1 aliphatic heterocycles. The fourth-order valence-corrected chi connectivity index (χ4v) is 4.02. The molecule has 3 aromatic rings. The number of hydrogen-bond acceptors (Lipinski definition) is 5. The maximum absolute atomic E-state index is 13.0. The first kappa shape index (κ1) is 21.0. The average Bonchev–Trinajstić information content (AvgIpc) is 3.16. The van der Waals surface area contributed by atoms with Crippen molar-refractivity contribution in [2.45, 2.75) is 26.3 Å². The van der Waals surface area contributed by atoms with E-state index in [1.54, 1.807) is 24.1 Å². The van der Waals surface area contributed by atoms with Crippen molar-refractivity contribution >= 4 is 44.3 Å². The van der Waals surface area contributed by atoms with E-state index in [9.17, 15) is 9.59 Å². The summed E-state index contributed by atoms with van der Waals surface area (Å²) in [6.45, 7) is 3.24. The Bertz CT molecular complexity index is 1250. The molecule has 1 atom stereocenters. The number of rotatable bonds is 3. The zero-order chi connectivity index (χ0) is 22.3. The highest BCUT2D eigenvalue weighted by Crippen LogP contribution is 2.29. The zero-order valence-electron chi connectivity index (χ0n) is 17.8. The summed E-state index contributed by atoms with van der Waals surface area (Å²) >= 11 is 3.40. The molecule has 1 N–H and O–H groups in total. The molecule has 1 aromatic heterocycles. The van der Waals surface area contributed by atoms with Crippen molar-refractivity contribution in [3.05, 3.63) is 68.7 Å². The summed E-state index contributed by atoms with van der Waals surface area (Å²) in [5, 5.41) is 6.55. The SMILES string of the molecule is CC(=O)N1N/C(=N\n2c(C)nc3ccc(Br)cc3c2=O)CC1c1ccc(N(C)C)cc1. The van der Waals surface area contributed by atoms with Crippen LogP contribution in [-0.2, 0) is 4.79 Å². The van der Waals surface area contributed by atoms with Gasteiger partial charge < -0.3 is 4.90 Å². The lowest BCUT2D eigenvalue weighted by atomic mass is 10.0. The highest BCUT2D eigenvalue weighted by atomic mass is 79.9. The van der Waals surface area contributed by atoms with Gasteiger partial charge in [0.15, 0.2) is 0 Å². The minimum absolute atomic E-state index is 0.128. The normalized spacial score (nSPS) is 17.3. The number of anilines is 1. The molecule has 2 aromatic carbocycles. The van der Waals surface area contributed by atoms with Gasteiger partial charge in [0, 0.05) is 37.6 Å². The third kappa shape index (κ3) is 4.05. The Kier molecular flexibility index (Phi) is 5.53. The molecule has 0 spiro atoms. The first-order valence-corrected chi connectivity index (χ1v) is 10.6. The van der Waals surface area contributed by atoms with Crippen molar-refractivity contribution in [2.24, 2.45) is 5.10 Å². The van der Waals surface area contributed by atoms with Crippen molar-refractivity contribution in [3.63, 3.8) is 0 Å². The molecule has 1 aliphatic rings. The number of aromatic nitrogens is 2. The van der Waals surface area contributed by atoms with Crippen molar-refractivity contribution in [2.75, 3.05) is 19.0 Å². The lowest BCUT2D eigenvalue weighted by molar-refractivity contribution is -0.132. The van der Waals surface area contributed by atoms with Gasteiger partial charge in [-0.1, -0.05) is 28.1 Å².